The van der Waals surface area contributed by atoms with Gasteiger partial charge in [0.15, 0.2) is 0 Å². The van der Waals surface area contributed by atoms with E-state index >= 15 is 0 Å². The second kappa shape index (κ2) is 8.59. The average Bonchev–Trinajstić information content (AvgIpc) is 2.48. The van der Waals surface area contributed by atoms with Crippen LogP contribution in [0, 0.1) is 0 Å². The minimum absolute atomic E-state index is 0.642. The van der Waals surface area contributed by atoms with E-state index in [1.165, 1.54) is 11.1 Å². The summed E-state index contributed by atoms with van der Waals surface area (Å²) >= 11 is 0. The summed E-state index contributed by atoms with van der Waals surface area (Å²) < 4.78 is 4.72. The number of para-hydroxylation sites is 1. The molecule has 0 aromatic heterocycles. The molecule has 0 aliphatic rings. The summed E-state index contributed by atoms with van der Waals surface area (Å²) in [5, 5.41) is 0. The maximum Gasteiger partial charge on any atom is 0.341 e. The van der Waals surface area contributed by atoms with Gasteiger partial charge in [-0.25, -0.2) is 0 Å². The van der Waals surface area contributed by atoms with Crippen LogP contribution in [0.2, 0.25) is 0 Å². The zero-order valence-electron chi connectivity index (χ0n) is 12.8. The third-order valence-corrected chi connectivity index (χ3v) is 3.34. The fraction of sp³-hybridized carbons (Fsp3) is 0.333. The van der Waals surface area contributed by atoms with Crippen molar-refractivity contribution < 1.29 is 4.43 Å². The predicted molar refractivity (Wildman–Crippen MR) is 87.4 cm³/mol. The molecule has 0 saturated heterocycles. The number of rotatable bonds is 3. The van der Waals surface area contributed by atoms with E-state index in [4.69, 9.17) is 4.43 Å². The van der Waals surface area contributed by atoms with Crippen LogP contribution in [0.3, 0.4) is 0 Å². The van der Waals surface area contributed by atoms with Gasteiger partial charge in [0.25, 0.3) is 0 Å². The van der Waals surface area contributed by atoms with Crippen molar-refractivity contribution >= 4 is 10.5 Å². The average molecular weight is 283 g/mol. The Hall–Kier alpha value is -1.54. The van der Waals surface area contributed by atoms with Gasteiger partial charge in [0, 0.05) is 0 Å². The van der Waals surface area contributed by atoms with E-state index < -0.39 is 0 Å². The largest absolute Gasteiger partial charge is 0.540 e. The van der Waals surface area contributed by atoms with Crippen LogP contribution in [-0.4, -0.2) is 10.5 Å². The van der Waals surface area contributed by atoms with Gasteiger partial charge in [-0.1, -0.05) is 70.2 Å². The highest BCUT2D eigenvalue weighted by molar-refractivity contribution is 5.99. The number of hydrogen-bond donors (Lipinski definition) is 0. The van der Waals surface area contributed by atoms with Crippen molar-refractivity contribution in [1.29, 1.82) is 0 Å². The monoisotopic (exact) mass is 283 g/mol. The van der Waals surface area contributed by atoms with Crippen LogP contribution in [0.15, 0.2) is 54.6 Å². The lowest BCUT2D eigenvalue weighted by Crippen LogP contribution is -1.97. The highest BCUT2D eigenvalue weighted by Crippen LogP contribution is 2.25. The van der Waals surface area contributed by atoms with E-state index in [0.717, 1.165) is 5.75 Å². The molecule has 0 N–H and O–H groups in total. The van der Waals surface area contributed by atoms with Crippen molar-refractivity contribution in [3.8, 4) is 5.75 Å². The first-order valence-electron chi connectivity index (χ1n) is 7.03. The normalized spacial score (nSPS) is 10.2. The molecule has 2 heteroatoms. The summed E-state index contributed by atoms with van der Waals surface area (Å²) in [7, 11) is 2.90. The minimum Gasteiger partial charge on any atom is -0.540 e. The van der Waals surface area contributed by atoms with Crippen LogP contribution in [0.25, 0.3) is 0 Å². The molecule has 2 rings (SSSR count). The molecule has 1 nitrogen and oxygen atoms in total. The van der Waals surface area contributed by atoms with Gasteiger partial charge in [0.05, 0.1) is 0 Å². The van der Waals surface area contributed by atoms with E-state index in [1.54, 1.807) is 0 Å². The van der Waals surface area contributed by atoms with Crippen molar-refractivity contribution in [3.05, 3.63) is 65.7 Å². The Morgan fingerprint density at radius 2 is 1.10 bits per heavy atom. The van der Waals surface area contributed by atoms with Gasteiger partial charge in [-0.05, 0) is 35.1 Å². The minimum atomic E-state index is 0.642. The lowest BCUT2D eigenvalue weighted by molar-refractivity contribution is 0.616. The van der Waals surface area contributed by atoms with Crippen LogP contribution in [0.5, 0.6) is 5.75 Å². The first-order valence-corrected chi connectivity index (χ1v) is 7.44. The van der Waals surface area contributed by atoms with Crippen LogP contribution in [0.1, 0.15) is 50.7 Å². The summed E-state index contributed by atoms with van der Waals surface area (Å²) in [6.45, 7) is 9.00. The first-order chi connectivity index (χ1) is 9.56. The van der Waals surface area contributed by atoms with E-state index in [-0.39, 0.29) is 0 Å². The van der Waals surface area contributed by atoms with Gasteiger partial charge in [0.2, 0.25) is 0 Å². The fourth-order valence-electron chi connectivity index (χ4n) is 2.05. The van der Waals surface area contributed by atoms with Crippen molar-refractivity contribution in [2.75, 3.05) is 0 Å². The van der Waals surface area contributed by atoms with E-state index in [9.17, 15) is 0 Å². The lowest BCUT2D eigenvalue weighted by Gasteiger charge is -2.14. The molecule has 3 radical (unpaired) electrons. The first kappa shape index (κ1) is 16.5. The smallest absolute Gasteiger partial charge is 0.341 e. The maximum absolute atomic E-state index is 4.72. The lowest BCUT2D eigenvalue weighted by atomic mass is 9.91. The van der Waals surface area contributed by atoms with Gasteiger partial charge in [-0.2, -0.15) is 0 Å². The summed E-state index contributed by atoms with van der Waals surface area (Å²) in [5.41, 5.74) is 2.99. The Bertz CT molecular complexity index is 465. The number of benzene rings is 2. The molecule has 105 valence electrons. The molecule has 0 fully saturated rings. The zero-order chi connectivity index (χ0) is 15.0. The molecule has 0 bridgehead atoms. The third-order valence-electron chi connectivity index (χ3n) is 3.10. The maximum atomic E-state index is 4.72. The Kier molecular flexibility index (Phi) is 7.09. The molecule has 0 aliphatic carbocycles. The molecular formula is C18H23OSi. The van der Waals surface area contributed by atoms with Crippen molar-refractivity contribution in [2.24, 2.45) is 0 Å². The van der Waals surface area contributed by atoms with Crippen LogP contribution >= 0.6 is 0 Å². The second-order valence-electron chi connectivity index (χ2n) is 5.35. The summed E-state index contributed by atoms with van der Waals surface area (Å²) in [6.07, 6.45) is 0. The van der Waals surface area contributed by atoms with Crippen LogP contribution in [0.4, 0.5) is 0 Å². The van der Waals surface area contributed by atoms with Gasteiger partial charge < -0.3 is 4.43 Å². The molecule has 0 spiro atoms. The Balaban J connectivity index is 0.000000217. The SMILES string of the molecule is CC(C)c1ccccc1C(C)C.[Si]Oc1ccccc1. The molecule has 0 saturated carbocycles. The Morgan fingerprint density at radius 3 is 1.40 bits per heavy atom. The molecule has 0 heterocycles. The van der Waals surface area contributed by atoms with Crippen molar-refractivity contribution in [3.63, 3.8) is 0 Å². The van der Waals surface area contributed by atoms with Gasteiger partial charge in [-0.3, -0.25) is 0 Å². The molecule has 0 aliphatic heterocycles. The van der Waals surface area contributed by atoms with Gasteiger partial charge in [-0.15, -0.1) is 0 Å². The predicted octanol–water partition coefficient (Wildman–Crippen LogP) is 5.08. The molecule has 2 aromatic rings. The zero-order valence-corrected chi connectivity index (χ0v) is 13.8. The third kappa shape index (κ3) is 5.22. The molecule has 20 heavy (non-hydrogen) atoms. The van der Waals surface area contributed by atoms with Gasteiger partial charge >= 0.3 is 10.5 Å². The van der Waals surface area contributed by atoms with Crippen LogP contribution < -0.4 is 4.43 Å². The quantitative estimate of drug-likeness (QED) is 0.714. The standard InChI is InChI=1S/C12H18.C6H5OSi/c1-9(2)11-7-5-6-8-12(11)10(3)4;8-7-6-4-2-1-3-5-6/h5-10H,1-4H3;1-5H. The van der Waals surface area contributed by atoms with Crippen molar-refractivity contribution in [2.45, 2.75) is 39.5 Å². The fourth-order valence-corrected chi connectivity index (χ4v) is 2.19. The highest BCUT2D eigenvalue weighted by Gasteiger charge is 2.07. The Labute approximate surface area is 126 Å². The van der Waals surface area contributed by atoms with Gasteiger partial charge in [0.1, 0.15) is 5.75 Å². The Morgan fingerprint density at radius 1 is 0.700 bits per heavy atom. The van der Waals surface area contributed by atoms with E-state index in [2.05, 4.69) is 62.4 Å². The molecule has 0 amide bonds. The molecule has 2 aromatic carbocycles. The van der Waals surface area contributed by atoms with E-state index in [1.807, 2.05) is 30.3 Å². The number of hydrogen-bond acceptors (Lipinski definition) is 1. The summed E-state index contributed by atoms with van der Waals surface area (Å²) in [4.78, 5) is 0. The molecule has 0 unspecified atom stereocenters. The van der Waals surface area contributed by atoms with E-state index in [0.29, 0.717) is 11.8 Å². The summed E-state index contributed by atoms with van der Waals surface area (Å²) in [6, 6.07) is 18.2. The molecule has 0 atom stereocenters. The molecular weight excluding hydrogens is 260 g/mol. The summed E-state index contributed by atoms with van der Waals surface area (Å²) in [5.74, 6) is 2.11. The topological polar surface area (TPSA) is 9.23 Å². The highest BCUT2D eigenvalue weighted by atomic mass is 28.2. The van der Waals surface area contributed by atoms with Crippen molar-refractivity contribution in [1.82, 2.24) is 0 Å². The second-order valence-corrected chi connectivity index (χ2v) is 5.56. The van der Waals surface area contributed by atoms with Crippen LogP contribution in [-0.2, 0) is 0 Å².